The Morgan fingerprint density at radius 3 is 2.65 bits per heavy atom. The van der Waals surface area contributed by atoms with Crippen molar-refractivity contribution in [3.63, 3.8) is 0 Å². The topological polar surface area (TPSA) is 46.2 Å². The Hall–Kier alpha value is -1.75. The standard InChI is InChI=1S/C15H18BrN3O/c1-3-4-18-13-7-14(10-17-9-13)19-12-5-11(16)6-15(8-12)20-2/h5-10,18-19H,3-4H2,1-2H3. The van der Waals surface area contributed by atoms with Crippen LogP contribution in [0.4, 0.5) is 17.1 Å². The lowest BCUT2D eigenvalue weighted by Crippen LogP contribution is -2.01. The van der Waals surface area contributed by atoms with Gasteiger partial charge in [0, 0.05) is 22.8 Å². The Bertz CT molecular complexity index is 575. The number of anilines is 3. The van der Waals surface area contributed by atoms with Gasteiger partial charge in [-0.15, -0.1) is 0 Å². The van der Waals surface area contributed by atoms with Gasteiger partial charge in [0.15, 0.2) is 0 Å². The average molecular weight is 336 g/mol. The molecule has 0 aliphatic carbocycles. The van der Waals surface area contributed by atoms with Gasteiger partial charge < -0.3 is 15.4 Å². The number of nitrogens with zero attached hydrogens (tertiary/aromatic N) is 1. The van der Waals surface area contributed by atoms with E-state index in [1.807, 2.05) is 30.5 Å². The molecule has 106 valence electrons. The fourth-order valence-corrected chi connectivity index (χ4v) is 2.27. The summed E-state index contributed by atoms with van der Waals surface area (Å²) in [6.45, 7) is 3.08. The molecule has 0 unspecified atom stereocenters. The highest BCUT2D eigenvalue weighted by Gasteiger charge is 2.01. The van der Waals surface area contributed by atoms with E-state index in [2.05, 4.69) is 38.5 Å². The molecule has 0 radical (unpaired) electrons. The van der Waals surface area contributed by atoms with Gasteiger partial charge in [-0.2, -0.15) is 0 Å². The lowest BCUT2D eigenvalue weighted by molar-refractivity contribution is 0.415. The minimum absolute atomic E-state index is 0.801. The van der Waals surface area contributed by atoms with Gasteiger partial charge in [-0.05, 0) is 24.6 Å². The Labute approximate surface area is 127 Å². The predicted octanol–water partition coefficient (Wildman–Crippen LogP) is 4.42. The maximum Gasteiger partial charge on any atom is 0.122 e. The molecule has 2 aromatic rings. The van der Waals surface area contributed by atoms with E-state index in [9.17, 15) is 0 Å². The highest BCUT2D eigenvalue weighted by atomic mass is 79.9. The van der Waals surface area contributed by atoms with Crippen molar-refractivity contribution < 1.29 is 4.74 Å². The molecule has 1 heterocycles. The zero-order valence-corrected chi connectivity index (χ0v) is 13.2. The van der Waals surface area contributed by atoms with Crippen LogP contribution in [-0.2, 0) is 0 Å². The minimum Gasteiger partial charge on any atom is -0.497 e. The second-order valence-electron chi connectivity index (χ2n) is 4.39. The smallest absolute Gasteiger partial charge is 0.122 e. The van der Waals surface area contributed by atoms with Gasteiger partial charge in [0.05, 0.1) is 30.9 Å². The van der Waals surface area contributed by atoms with Crippen molar-refractivity contribution in [1.29, 1.82) is 0 Å². The summed E-state index contributed by atoms with van der Waals surface area (Å²) in [7, 11) is 1.66. The van der Waals surface area contributed by atoms with Gasteiger partial charge in [0.2, 0.25) is 0 Å². The molecule has 1 aromatic heterocycles. The van der Waals surface area contributed by atoms with Gasteiger partial charge in [-0.25, -0.2) is 0 Å². The summed E-state index contributed by atoms with van der Waals surface area (Å²) in [6, 6.07) is 7.89. The lowest BCUT2D eigenvalue weighted by atomic mass is 10.3. The molecule has 4 nitrogen and oxygen atoms in total. The maximum atomic E-state index is 5.25. The molecule has 0 saturated carbocycles. The van der Waals surface area contributed by atoms with E-state index in [1.165, 1.54) is 0 Å². The monoisotopic (exact) mass is 335 g/mol. The molecule has 0 fully saturated rings. The van der Waals surface area contributed by atoms with Gasteiger partial charge in [-0.3, -0.25) is 4.98 Å². The zero-order valence-electron chi connectivity index (χ0n) is 11.6. The van der Waals surface area contributed by atoms with Crippen LogP contribution in [-0.4, -0.2) is 18.6 Å². The predicted molar refractivity (Wildman–Crippen MR) is 87.0 cm³/mol. The largest absolute Gasteiger partial charge is 0.497 e. The number of nitrogens with one attached hydrogen (secondary N) is 2. The first-order valence-corrected chi connectivity index (χ1v) is 7.31. The normalized spacial score (nSPS) is 10.2. The Balaban J connectivity index is 2.15. The Kier molecular flexibility index (Phi) is 5.24. The second-order valence-corrected chi connectivity index (χ2v) is 5.31. The van der Waals surface area contributed by atoms with Crippen LogP contribution in [0.15, 0.2) is 41.1 Å². The molecule has 0 saturated heterocycles. The van der Waals surface area contributed by atoms with Gasteiger partial charge in [0.25, 0.3) is 0 Å². The summed E-state index contributed by atoms with van der Waals surface area (Å²) in [5.74, 6) is 0.801. The first-order chi connectivity index (χ1) is 9.71. The van der Waals surface area contributed by atoms with Gasteiger partial charge in [-0.1, -0.05) is 22.9 Å². The van der Waals surface area contributed by atoms with Crippen LogP contribution >= 0.6 is 15.9 Å². The van der Waals surface area contributed by atoms with E-state index in [4.69, 9.17) is 4.74 Å². The van der Waals surface area contributed by atoms with Gasteiger partial charge in [0.1, 0.15) is 5.75 Å². The summed E-state index contributed by atoms with van der Waals surface area (Å²) in [6.07, 6.45) is 4.70. The third-order valence-electron chi connectivity index (χ3n) is 2.71. The molecule has 1 aromatic carbocycles. The Morgan fingerprint density at radius 2 is 1.90 bits per heavy atom. The van der Waals surface area contributed by atoms with Crippen LogP contribution in [0, 0.1) is 0 Å². The first kappa shape index (κ1) is 14.7. The van der Waals surface area contributed by atoms with Crippen LogP contribution in [0.3, 0.4) is 0 Å². The third kappa shape index (κ3) is 4.13. The number of hydrogen-bond donors (Lipinski definition) is 2. The van der Waals surface area contributed by atoms with Gasteiger partial charge >= 0.3 is 0 Å². The first-order valence-electron chi connectivity index (χ1n) is 6.52. The van der Waals surface area contributed by atoms with Crippen molar-refractivity contribution in [2.24, 2.45) is 0 Å². The number of rotatable bonds is 6. The molecule has 0 aliphatic rings. The maximum absolute atomic E-state index is 5.25. The molecular formula is C15H18BrN3O. The molecule has 20 heavy (non-hydrogen) atoms. The quantitative estimate of drug-likeness (QED) is 0.820. The molecule has 0 atom stereocenters. The lowest BCUT2D eigenvalue weighted by Gasteiger charge is -2.11. The van der Waals surface area contributed by atoms with E-state index >= 15 is 0 Å². The summed E-state index contributed by atoms with van der Waals surface area (Å²) >= 11 is 3.47. The van der Waals surface area contributed by atoms with Crippen molar-refractivity contribution in [1.82, 2.24) is 4.98 Å². The number of benzene rings is 1. The molecule has 0 bridgehead atoms. The number of aromatic nitrogens is 1. The number of ether oxygens (including phenoxy) is 1. The van der Waals surface area contributed by atoms with Crippen molar-refractivity contribution >= 4 is 33.0 Å². The molecule has 0 amide bonds. The molecule has 0 spiro atoms. The van der Waals surface area contributed by atoms with E-state index < -0.39 is 0 Å². The summed E-state index contributed by atoms with van der Waals surface area (Å²) in [5.41, 5.74) is 2.90. The summed E-state index contributed by atoms with van der Waals surface area (Å²) in [5, 5.41) is 6.64. The van der Waals surface area contributed by atoms with Crippen molar-refractivity contribution in [2.75, 3.05) is 24.3 Å². The summed E-state index contributed by atoms with van der Waals surface area (Å²) in [4.78, 5) is 4.23. The number of halogens is 1. The van der Waals surface area contributed by atoms with Crippen LogP contribution in [0.1, 0.15) is 13.3 Å². The minimum atomic E-state index is 0.801. The van der Waals surface area contributed by atoms with E-state index in [0.717, 1.165) is 40.2 Å². The van der Waals surface area contributed by atoms with Crippen LogP contribution < -0.4 is 15.4 Å². The average Bonchev–Trinajstić information content (AvgIpc) is 2.45. The van der Waals surface area contributed by atoms with Crippen LogP contribution in [0.5, 0.6) is 5.75 Å². The number of pyridine rings is 1. The van der Waals surface area contributed by atoms with Crippen molar-refractivity contribution in [3.05, 3.63) is 41.1 Å². The molecule has 2 rings (SSSR count). The Morgan fingerprint density at radius 1 is 1.10 bits per heavy atom. The highest BCUT2D eigenvalue weighted by molar-refractivity contribution is 9.10. The molecule has 0 aliphatic heterocycles. The van der Waals surface area contributed by atoms with E-state index in [1.54, 1.807) is 13.3 Å². The fourth-order valence-electron chi connectivity index (χ4n) is 1.79. The van der Waals surface area contributed by atoms with Crippen LogP contribution in [0.25, 0.3) is 0 Å². The SMILES string of the molecule is CCCNc1cncc(Nc2cc(Br)cc(OC)c2)c1. The highest BCUT2D eigenvalue weighted by Crippen LogP contribution is 2.27. The third-order valence-corrected chi connectivity index (χ3v) is 3.17. The second kappa shape index (κ2) is 7.14. The molecule has 5 heteroatoms. The summed E-state index contributed by atoms with van der Waals surface area (Å²) < 4.78 is 6.22. The van der Waals surface area contributed by atoms with Crippen molar-refractivity contribution in [2.45, 2.75) is 13.3 Å². The molecular weight excluding hydrogens is 318 g/mol. The van der Waals surface area contributed by atoms with E-state index in [-0.39, 0.29) is 0 Å². The van der Waals surface area contributed by atoms with E-state index in [0.29, 0.717) is 0 Å². The number of methoxy groups -OCH3 is 1. The van der Waals surface area contributed by atoms with Crippen molar-refractivity contribution in [3.8, 4) is 5.75 Å². The fraction of sp³-hybridized carbons (Fsp3) is 0.267. The molecule has 2 N–H and O–H groups in total. The van der Waals surface area contributed by atoms with Crippen LogP contribution in [0.2, 0.25) is 0 Å². The zero-order chi connectivity index (χ0) is 14.4. The number of hydrogen-bond acceptors (Lipinski definition) is 4.